The molecule has 1 aliphatic carbocycles. The van der Waals surface area contributed by atoms with Crippen LogP contribution in [0, 0.1) is 5.92 Å². The van der Waals surface area contributed by atoms with E-state index in [-0.39, 0.29) is 6.67 Å². The van der Waals surface area contributed by atoms with Crippen LogP contribution in [0.25, 0.3) is 0 Å². The first-order valence-corrected chi connectivity index (χ1v) is 6.99. The van der Waals surface area contributed by atoms with Gasteiger partial charge in [0.1, 0.15) is 0 Å². The van der Waals surface area contributed by atoms with E-state index in [1.54, 1.807) is 0 Å². The fourth-order valence-corrected chi connectivity index (χ4v) is 2.71. The molecule has 0 aliphatic heterocycles. The summed E-state index contributed by atoms with van der Waals surface area (Å²) in [5.74, 6) is 1.07. The van der Waals surface area contributed by atoms with Crippen LogP contribution in [0.15, 0.2) is 0 Å². The Balaban J connectivity index is 1.73. The Bertz CT molecular complexity index is 127. The van der Waals surface area contributed by atoms with Gasteiger partial charge in [0.15, 0.2) is 0 Å². The lowest BCUT2D eigenvalue weighted by atomic mass is 9.99. The molecular formula is C14H27F. The molecule has 0 atom stereocenters. The predicted molar refractivity (Wildman–Crippen MR) is 64.9 cm³/mol. The number of alkyl halides is 1. The van der Waals surface area contributed by atoms with Gasteiger partial charge < -0.3 is 0 Å². The van der Waals surface area contributed by atoms with Crippen molar-refractivity contribution in [2.24, 2.45) is 5.92 Å². The molecule has 0 heterocycles. The van der Waals surface area contributed by atoms with Gasteiger partial charge in [-0.2, -0.15) is 0 Å². The van der Waals surface area contributed by atoms with E-state index < -0.39 is 0 Å². The molecular weight excluding hydrogens is 187 g/mol. The van der Waals surface area contributed by atoms with Crippen molar-refractivity contribution in [3.05, 3.63) is 0 Å². The first-order valence-electron chi connectivity index (χ1n) is 6.99. The molecule has 1 aliphatic rings. The molecule has 0 aromatic heterocycles. The molecule has 0 unspecified atom stereocenters. The van der Waals surface area contributed by atoms with Crippen molar-refractivity contribution in [1.29, 1.82) is 0 Å². The zero-order valence-electron chi connectivity index (χ0n) is 10.1. The van der Waals surface area contributed by atoms with Crippen molar-refractivity contribution < 1.29 is 4.39 Å². The third-order valence-corrected chi connectivity index (χ3v) is 3.72. The van der Waals surface area contributed by atoms with Crippen molar-refractivity contribution in [2.45, 2.75) is 77.0 Å². The Labute approximate surface area is 94.6 Å². The quantitative estimate of drug-likeness (QED) is 0.459. The Morgan fingerprint density at radius 1 is 0.733 bits per heavy atom. The highest BCUT2D eigenvalue weighted by Crippen LogP contribution is 2.29. The molecule has 0 nitrogen and oxygen atoms in total. The van der Waals surface area contributed by atoms with E-state index >= 15 is 0 Å². The Morgan fingerprint density at radius 2 is 1.27 bits per heavy atom. The first-order chi connectivity index (χ1) is 7.43. The molecule has 90 valence electrons. The number of hydrogen-bond donors (Lipinski definition) is 0. The molecule has 1 saturated carbocycles. The average molecular weight is 214 g/mol. The van der Waals surface area contributed by atoms with E-state index in [1.165, 1.54) is 64.2 Å². The van der Waals surface area contributed by atoms with Gasteiger partial charge in [0, 0.05) is 0 Å². The third kappa shape index (κ3) is 6.92. The summed E-state index contributed by atoms with van der Waals surface area (Å²) in [6.07, 6.45) is 16.1. The van der Waals surface area contributed by atoms with Gasteiger partial charge in [-0.05, 0) is 12.3 Å². The van der Waals surface area contributed by atoms with Gasteiger partial charge in [0.25, 0.3) is 0 Å². The normalized spacial score (nSPS) is 17.4. The van der Waals surface area contributed by atoms with Crippen molar-refractivity contribution in [2.75, 3.05) is 6.67 Å². The Hall–Kier alpha value is -0.0700. The SMILES string of the molecule is FCCCCCCCCCC1CCCC1. The van der Waals surface area contributed by atoms with E-state index in [0.717, 1.165) is 18.8 Å². The maximum absolute atomic E-state index is 11.8. The zero-order valence-corrected chi connectivity index (χ0v) is 10.1. The van der Waals surface area contributed by atoms with Crippen LogP contribution in [-0.2, 0) is 0 Å². The fourth-order valence-electron chi connectivity index (χ4n) is 2.71. The minimum Gasteiger partial charge on any atom is -0.251 e. The summed E-state index contributed by atoms with van der Waals surface area (Å²) in [7, 11) is 0. The van der Waals surface area contributed by atoms with Gasteiger partial charge in [-0.15, -0.1) is 0 Å². The van der Waals surface area contributed by atoms with Crippen LogP contribution >= 0.6 is 0 Å². The van der Waals surface area contributed by atoms with Crippen LogP contribution in [0.1, 0.15) is 77.0 Å². The lowest BCUT2D eigenvalue weighted by Gasteiger charge is -2.07. The summed E-state index contributed by atoms with van der Waals surface area (Å²) >= 11 is 0. The highest BCUT2D eigenvalue weighted by atomic mass is 19.1. The van der Waals surface area contributed by atoms with Crippen molar-refractivity contribution >= 4 is 0 Å². The molecule has 0 bridgehead atoms. The molecule has 0 radical (unpaired) electrons. The van der Waals surface area contributed by atoms with E-state index in [4.69, 9.17) is 0 Å². The second-order valence-electron chi connectivity index (χ2n) is 5.10. The van der Waals surface area contributed by atoms with Crippen LogP contribution in [0.3, 0.4) is 0 Å². The van der Waals surface area contributed by atoms with Gasteiger partial charge in [-0.25, -0.2) is 0 Å². The zero-order chi connectivity index (χ0) is 10.8. The number of unbranched alkanes of at least 4 members (excludes halogenated alkanes) is 6. The van der Waals surface area contributed by atoms with E-state index in [1.807, 2.05) is 0 Å². The summed E-state index contributed by atoms with van der Waals surface area (Å²) in [6, 6.07) is 0. The van der Waals surface area contributed by atoms with Crippen LogP contribution in [0.2, 0.25) is 0 Å². The summed E-state index contributed by atoms with van der Waals surface area (Å²) in [5, 5.41) is 0. The molecule has 0 aromatic carbocycles. The molecule has 0 saturated heterocycles. The lowest BCUT2D eigenvalue weighted by molar-refractivity contribution is 0.441. The molecule has 1 rings (SSSR count). The Kier molecular flexibility index (Phi) is 7.95. The topological polar surface area (TPSA) is 0 Å². The van der Waals surface area contributed by atoms with Gasteiger partial charge in [0.2, 0.25) is 0 Å². The number of rotatable bonds is 9. The molecule has 1 fully saturated rings. The van der Waals surface area contributed by atoms with E-state index in [2.05, 4.69) is 0 Å². The van der Waals surface area contributed by atoms with Gasteiger partial charge in [0.05, 0.1) is 6.67 Å². The molecule has 0 N–H and O–H groups in total. The summed E-state index contributed by atoms with van der Waals surface area (Å²) in [6.45, 7) is -0.123. The third-order valence-electron chi connectivity index (χ3n) is 3.72. The minimum absolute atomic E-state index is 0.123. The van der Waals surface area contributed by atoms with Crippen LogP contribution in [0.4, 0.5) is 4.39 Å². The molecule has 15 heavy (non-hydrogen) atoms. The second kappa shape index (κ2) is 9.18. The summed E-state index contributed by atoms with van der Waals surface area (Å²) < 4.78 is 11.8. The Morgan fingerprint density at radius 3 is 1.87 bits per heavy atom. The highest BCUT2D eigenvalue weighted by molar-refractivity contribution is 4.66. The van der Waals surface area contributed by atoms with Crippen molar-refractivity contribution in [3.63, 3.8) is 0 Å². The average Bonchev–Trinajstić information content (AvgIpc) is 2.75. The monoisotopic (exact) mass is 214 g/mol. The van der Waals surface area contributed by atoms with Crippen molar-refractivity contribution in [3.8, 4) is 0 Å². The predicted octanol–water partition coefficient (Wildman–Crippen LogP) is 5.27. The molecule has 0 amide bonds. The smallest absolute Gasteiger partial charge is 0.0894 e. The standard InChI is InChI=1S/C14H27F/c15-13-9-5-3-1-2-4-6-10-14-11-7-8-12-14/h14H,1-13H2. The van der Waals surface area contributed by atoms with Gasteiger partial charge in [-0.3, -0.25) is 4.39 Å². The molecule has 0 spiro atoms. The largest absolute Gasteiger partial charge is 0.251 e. The lowest BCUT2D eigenvalue weighted by Crippen LogP contribution is -1.92. The van der Waals surface area contributed by atoms with Gasteiger partial charge >= 0.3 is 0 Å². The number of halogens is 1. The molecule has 1 heteroatoms. The first kappa shape index (κ1) is 13.0. The summed E-state index contributed by atoms with van der Waals surface area (Å²) in [4.78, 5) is 0. The highest BCUT2D eigenvalue weighted by Gasteiger charge is 2.13. The van der Waals surface area contributed by atoms with E-state index in [0.29, 0.717) is 0 Å². The van der Waals surface area contributed by atoms with E-state index in [9.17, 15) is 4.39 Å². The minimum atomic E-state index is -0.123. The summed E-state index contributed by atoms with van der Waals surface area (Å²) in [5.41, 5.74) is 0. The second-order valence-corrected chi connectivity index (χ2v) is 5.10. The van der Waals surface area contributed by atoms with Crippen LogP contribution in [-0.4, -0.2) is 6.67 Å². The van der Waals surface area contributed by atoms with Crippen molar-refractivity contribution in [1.82, 2.24) is 0 Å². The van der Waals surface area contributed by atoms with Crippen LogP contribution in [0.5, 0.6) is 0 Å². The number of hydrogen-bond acceptors (Lipinski definition) is 0. The maximum Gasteiger partial charge on any atom is 0.0894 e. The van der Waals surface area contributed by atoms with Gasteiger partial charge in [-0.1, -0.05) is 70.6 Å². The fraction of sp³-hybridized carbons (Fsp3) is 1.00. The van der Waals surface area contributed by atoms with Crippen LogP contribution < -0.4 is 0 Å². The molecule has 0 aromatic rings. The maximum atomic E-state index is 11.8.